The van der Waals surface area contributed by atoms with Crippen LogP contribution in [0.25, 0.3) is 0 Å². The number of carbonyl (C=O) groups is 2. The third-order valence-corrected chi connectivity index (χ3v) is 8.98. The molecule has 2 unspecified atom stereocenters. The Morgan fingerprint density at radius 3 is 2.13 bits per heavy atom. The van der Waals surface area contributed by atoms with Gasteiger partial charge in [-0.05, 0) is 30.5 Å². The molecule has 0 bridgehead atoms. The summed E-state index contributed by atoms with van der Waals surface area (Å²) < 4.78 is 158. The molecular weight excluding hydrogens is 746 g/mol. The van der Waals surface area contributed by atoms with Crippen LogP contribution in [-0.4, -0.2) is 60.4 Å². The second kappa shape index (κ2) is 12.6. The van der Waals surface area contributed by atoms with Crippen molar-refractivity contribution in [2.75, 3.05) is 12.0 Å². The van der Waals surface area contributed by atoms with Crippen LogP contribution in [0, 0.1) is 12.8 Å². The molecule has 0 spiro atoms. The number of rotatable bonds is 10. The van der Waals surface area contributed by atoms with E-state index in [1.54, 1.807) is 0 Å². The number of hydrogen-bond donors (Lipinski definition) is 2. The highest BCUT2D eigenvalue weighted by molar-refractivity contribution is 9.11. The number of carbonyl (C=O) groups excluding carboxylic acids is 2. The van der Waals surface area contributed by atoms with Crippen LogP contribution >= 0.6 is 15.9 Å². The molecule has 3 atom stereocenters. The number of nitrogens with two attached hydrogens (primary N) is 1. The molecule has 1 aliphatic carbocycles. The fourth-order valence-electron chi connectivity index (χ4n) is 5.18. The molecule has 3 rings (SSSR count). The second-order valence-electron chi connectivity index (χ2n) is 11.0. The first-order valence-corrected chi connectivity index (χ1v) is 15.9. The predicted molar refractivity (Wildman–Crippen MR) is 150 cm³/mol. The zero-order chi connectivity index (χ0) is 36.1. The molecule has 1 heterocycles. The molecule has 2 aromatic rings. The van der Waals surface area contributed by atoms with Crippen molar-refractivity contribution in [3.05, 3.63) is 75.1 Å². The summed E-state index contributed by atoms with van der Waals surface area (Å²) in [6.45, 7) is 1.90. The molecule has 3 N–H and O–H groups in total. The van der Waals surface area contributed by atoms with Gasteiger partial charge in [0, 0.05) is 23.0 Å². The van der Waals surface area contributed by atoms with Crippen LogP contribution in [0.4, 0.5) is 43.9 Å². The van der Waals surface area contributed by atoms with E-state index in [1.165, 1.54) is 44.2 Å². The van der Waals surface area contributed by atoms with Crippen molar-refractivity contribution in [1.82, 2.24) is 15.1 Å². The summed E-state index contributed by atoms with van der Waals surface area (Å²) in [7, 11) is -3.53. The number of alkyl halides is 10. The smallest absolute Gasteiger partial charge is 0.369 e. The number of amides is 2. The highest BCUT2D eigenvalue weighted by Crippen LogP contribution is 2.51. The summed E-state index contributed by atoms with van der Waals surface area (Å²) in [5.41, 5.74) is -1.52. The van der Waals surface area contributed by atoms with E-state index in [4.69, 9.17) is 5.73 Å². The Morgan fingerprint density at radius 2 is 1.64 bits per heavy atom. The lowest BCUT2D eigenvalue weighted by Crippen LogP contribution is -2.54. The minimum absolute atomic E-state index is 0.0571. The Balaban J connectivity index is 2.10. The molecule has 0 radical (unpaired) electrons. The number of hydrogen-bond acceptors (Lipinski definition) is 5. The van der Waals surface area contributed by atoms with Crippen LogP contribution in [-0.2, 0) is 43.2 Å². The molecule has 0 saturated heterocycles. The van der Waals surface area contributed by atoms with Crippen molar-refractivity contribution < 1.29 is 61.9 Å². The predicted octanol–water partition coefficient (Wildman–Crippen LogP) is 5.29. The number of benzene rings is 1. The lowest BCUT2D eigenvalue weighted by Gasteiger charge is -2.38. The number of halogens is 11. The maximum absolute atomic E-state index is 14.1. The van der Waals surface area contributed by atoms with Crippen molar-refractivity contribution in [2.45, 2.75) is 56.0 Å². The Morgan fingerprint density at radius 1 is 1.06 bits per heavy atom. The van der Waals surface area contributed by atoms with Crippen LogP contribution in [0.2, 0.25) is 0 Å². The van der Waals surface area contributed by atoms with Gasteiger partial charge in [-0.15, -0.1) is 0 Å². The highest BCUT2D eigenvalue weighted by atomic mass is 79.9. The van der Waals surface area contributed by atoms with Crippen LogP contribution in [0.1, 0.15) is 34.9 Å². The number of nitrogens with zero attached hydrogens (tertiary/aromatic N) is 2. The van der Waals surface area contributed by atoms with Crippen LogP contribution in [0.5, 0.6) is 0 Å². The van der Waals surface area contributed by atoms with Crippen molar-refractivity contribution in [1.29, 1.82) is 0 Å². The molecule has 1 aromatic heterocycles. The van der Waals surface area contributed by atoms with Gasteiger partial charge in [0.05, 0.1) is 23.8 Å². The number of aryl methyl sites for hydroxylation is 1. The summed E-state index contributed by atoms with van der Waals surface area (Å²) in [5.74, 6) is -16.0. The minimum atomic E-state index is -6.56. The van der Waals surface area contributed by atoms with Gasteiger partial charge in [0.2, 0.25) is 11.8 Å². The van der Waals surface area contributed by atoms with E-state index >= 15 is 0 Å². The Labute approximate surface area is 269 Å². The molecule has 2 amide bonds. The Hall–Kier alpha value is -3.42. The molecule has 1 aliphatic rings. The van der Waals surface area contributed by atoms with E-state index in [2.05, 4.69) is 26.3 Å². The Bertz CT molecular complexity index is 1690. The first kappa shape index (κ1) is 38.0. The fraction of sp³-hybridized carbons (Fsp3) is 0.444. The fourth-order valence-corrected chi connectivity index (χ4v) is 6.90. The number of sulfone groups is 1. The van der Waals surface area contributed by atoms with Gasteiger partial charge in [0.15, 0.2) is 5.69 Å². The molecule has 0 saturated carbocycles. The quantitative estimate of drug-likeness (QED) is 0.318. The first-order valence-electron chi connectivity index (χ1n) is 13.1. The monoisotopic (exact) mass is 770 g/mol. The second-order valence-corrected chi connectivity index (χ2v) is 14.1. The summed E-state index contributed by atoms with van der Waals surface area (Å²) in [6, 6.07) is 2.65. The summed E-state index contributed by atoms with van der Waals surface area (Å²) in [6.07, 6.45) is -8.32. The van der Waals surface area contributed by atoms with Crippen molar-refractivity contribution in [3.8, 4) is 0 Å². The van der Waals surface area contributed by atoms with E-state index in [1.807, 2.05) is 0 Å². The van der Waals surface area contributed by atoms with Gasteiger partial charge in [-0.1, -0.05) is 52.4 Å². The van der Waals surface area contributed by atoms with Gasteiger partial charge in [0.25, 0.3) is 0 Å². The lowest BCUT2D eigenvalue weighted by atomic mass is 9.65. The van der Waals surface area contributed by atoms with Crippen LogP contribution in [0.3, 0.4) is 0 Å². The maximum Gasteiger partial charge on any atom is 0.459 e. The molecule has 1 aromatic carbocycles. The van der Waals surface area contributed by atoms with Crippen molar-refractivity contribution in [2.24, 2.45) is 11.7 Å². The highest BCUT2D eigenvalue weighted by Gasteiger charge is 2.67. The van der Waals surface area contributed by atoms with E-state index in [-0.39, 0.29) is 32.1 Å². The van der Waals surface area contributed by atoms with Gasteiger partial charge in [0.1, 0.15) is 15.3 Å². The summed E-state index contributed by atoms with van der Waals surface area (Å²) in [5, 5.41) is 5.28. The Kier molecular flexibility index (Phi) is 10.2. The molecular formula is C27H25BrF10N4O4S. The zero-order valence-electron chi connectivity index (χ0n) is 24.3. The standard InChI is InChI=1S/C27H25BrF10N4O4S/c1-13-9-15(10-42-11-17(24(29,30)26(33,34)35)20(41-42)25(31,32)27(36,37)38)6-7-16(13)23(22(39)44)8-4-5-18(28)19(23)21(43)40-14(2)12-47(3,45)46/h4-9,11,14,19H,10,12H2,1-3H3,(H2,39,44)(H,40,43)/t14-,19?,23?/m0/s1. The average molecular weight is 771 g/mol. The van der Waals surface area contributed by atoms with Crippen molar-refractivity contribution in [3.63, 3.8) is 0 Å². The summed E-state index contributed by atoms with van der Waals surface area (Å²) >= 11 is 3.23. The number of primary amides is 1. The molecule has 20 heteroatoms. The van der Waals surface area contributed by atoms with Gasteiger partial charge >= 0.3 is 24.2 Å². The van der Waals surface area contributed by atoms with E-state index in [0.717, 1.165) is 12.3 Å². The normalized spacial score (nSPS) is 20.1. The minimum Gasteiger partial charge on any atom is -0.369 e. The van der Waals surface area contributed by atoms with Gasteiger partial charge in [-0.3, -0.25) is 14.3 Å². The molecule has 47 heavy (non-hydrogen) atoms. The van der Waals surface area contributed by atoms with Crippen LogP contribution < -0.4 is 11.1 Å². The first-order chi connectivity index (χ1) is 21.2. The third-order valence-electron chi connectivity index (χ3n) is 7.15. The lowest BCUT2D eigenvalue weighted by molar-refractivity contribution is -0.302. The number of nitrogens with one attached hydrogen (secondary N) is 1. The van der Waals surface area contributed by atoms with E-state index in [9.17, 15) is 61.9 Å². The average Bonchev–Trinajstić information content (AvgIpc) is 3.31. The maximum atomic E-state index is 14.1. The van der Waals surface area contributed by atoms with E-state index in [0.29, 0.717) is 0 Å². The number of aromatic nitrogens is 2. The van der Waals surface area contributed by atoms with Gasteiger partial charge in [-0.2, -0.15) is 49.0 Å². The molecule has 260 valence electrons. The molecule has 0 aliphatic heterocycles. The molecule has 8 nitrogen and oxygen atoms in total. The number of allylic oxidation sites excluding steroid dienone is 2. The largest absolute Gasteiger partial charge is 0.459 e. The van der Waals surface area contributed by atoms with E-state index < -0.39 is 86.8 Å². The van der Waals surface area contributed by atoms with Gasteiger partial charge < -0.3 is 11.1 Å². The van der Waals surface area contributed by atoms with Crippen molar-refractivity contribution >= 4 is 37.6 Å². The van der Waals surface area contributed by atoms with Gasteiger partial charge in [-0.25, -0.2) is 8.42 Å². The zero-order valence-corrected chi connectivity index (χ0v) is 26.7. The summed E-state index contributed by atoms with van der Waals surface area (Å²) in [4.78, 5) is 26.5. The third kappa shape index (κ3) is 7.36. The van der Waals surface area contributed by atoms with Crippen LogP contribution in [0.15, 0.2) is 47.1 Å². The SMILES string of the molecule is Cc1cc(Cn2cc(C(F)(F)C(F)(F)F)c(C(F)(F)C(F)(F)F)n2)ccc1C1(C(N)=O)C=CC=C(Br)C1C(=O)N[C@@H](C)CS(C)(=O)=O. The topological polar surface area (TPSA) is 124 Å². The molecule has 0 fully saturated rings.